The summed E-state index contributed by atoms with van der Waals surface area (Å²) in [6.45, 7) is 11.0. The van der Waals surface area contributed by atoms with Gasteiger partial charge in [0.15, 0.2) is 0 Å². The van der Waals surface area contributed by atoms with Gasteiger partial charge >= 0.3 is 0 Å². The number of aliphatic hydroxyl groups is 1. The van der Waals surface area contributed by atoms with Crippen molar-refractivity contribution in [1.82, 2.24) is 25.0 Å². The number of carbonyl (C=O) groups excluding carboxylic acids is 1. The molecular formula is C38H48N8O2. The second kappa shape index (κ2) is 15.9. The third-order valence-corrected chi connectivity index (χ3v) is 8.62. The van der Waals surface area contributed by atoms with E-state index in [-0.39, 0.29) is 17.9 Å². The van der Waals surface area contributed by atoms with Crippen molar-refractivity contribution in [3.8, 4) is 11.3 Å². The number of nitrogens with zero attached hydrogens (tertiary/aromatic N) is 6. The second-order valence-electron chi connectivity index (χ2n) is 12.9. The number of allylic oxidation sites excluding steroid dienone is 2. The van der Waals surface area contributed by atoms with E-state index in [2.05, 4.69) is 48.1 Å². The van der Waals surface area contributed by atoms with E-state index in [1.54, 1.807) is 12.3 Å². The fraction of sp³-hybridized carbons (Fsp3) is 0.368. The van der Waals surface area contributed by atoms with Crippen LogP contribution in [0.25, 0.3) is 22.0 Å². The van der Waals surface area contributed by atoms with Crippen LogP contribution in [0.15, 0.2) is 101 Å². The molecule has 252 valence electrons. The van der Waals surface area contributed by atoms with Crippen molar-refractivity contribution in [2.45, 2.75) is 45.8 Å². The van der Waals surface area contributed by atoms with Gasteiger partial charge in [0, 0.05) is 55.6 Å². The van der Waals surface area contributed by atoms with E-state index in [1.807, 2.05) is 79.5 Å². The van der Waals surface area contributed by atoms with E-state index in [9.17, 15) is 9.90 Å². The molecule has 0 aliphatic carbocycles. The van der Waals surface area contributed by atoms with E-state index in [0.29, 0.717) is 25.5 Å². The molecular weight excluding hydrogens is 600 g/mol. The van der Waals surface area contributed by atoms with Crippen LogP contribution < -0.4 is 10.6 Å². The second-order valence-corrected chi connectivity index (χ2v) is 12.9. The molecule has 1 fully saturated rings. The molecule has 0 bridgehead atoms. The number of benzene rings is 2. The topological polar surface area (TPSA) is 109 Å². The maximum absolute atomic E-state index is 12.5. The number of hydrogen-bond acceptors (Lipinski definition) is 7. The Labute approximate surface area is 284 Å². The Balaban J connectivity index is 1.46. The van der Waals surface area contributed by atoms with Gasteiger partial charge in [0.25, 0.3) is 0 Å². The van der Waals surface area contributed by atoms with E-state index in [1.165, 1.54) is 0 Å². The number of rotatable bonds is 9. The average Bonchev–Trinajstić information content (AvgIpc) is 3.29. The summed E-state index contributed by atoms with van der Waals surface area (Å²) in [4.78, 5) is 33.6. The monoisotopic (exact) mass is 648 g/mol. The van der Waals surface area contributed by atoms with Gasteiger partial charge in [-0.2, -0.15) is 4.99 Å². The summed E-state index contributed by atoms with van der Waals surface area (Å²) in [5.74, 6) is 2.34. The molecule has 1 saturated heterocycles. The molecule has 3 aromatic rings. The zero-order valence-electron chi connectivity index (χ0n) is 28.8. The standard InChI is InChI=1S/C38H48N8O2/c1-7-31(26(2)3)36-42-38(46-22-10-13-30(47)19-23-46)43-37(45(36)6)40-25-28-12-8-9-14-32(28)35-33-17-16-29(24-27(33)18-20-39-35)41-34(48)15-11-21-44(4)5/h7-9,11-12,14-18,20,24,26,30,47H,1,10,13,19,21-23,25H2,2-6H3,(H,41,48)(H,40,42,43)/b15-11+,36-31+. The predicted molar refractivity (Wildman–Crippen MR) is 196 cm³/mol. The molecule has 1 unspecified atom stereocenters. The molecule has 3 heterocycles. The number of aliphatic hydroxyl groups excluding tert-OH is 1. The number of carbonyl (C=O) groups is 1. The molecule has 2 aliphatic heterocycles. The van der Waals surface area contributed by atoms with Crippen molar-refractivity contribution in [3.05, 3.63) is 96.5 Å². The van der Waals surface area contributed by atoms with Crippen molar-refractivity contribution < 1.29 is 9.90 Å². The van der Waals surface area contributed by atoms with Gasteiger partial charge in [-0.15, -0.1) is 0 Å². The maximum Gasteiger partial charge on any atom is 0.248 e. The first-order chi connectivity index (χ1) is 23.1. The molecule has 2 aromatic carbocycles. The molecule has 2 aliphatic rings. The van der Waals surface area contributed by atoms with Gasteiger partial charge in [0.2, 0.25) is 17.8 Å². The highest BCUT2D eigenvalue weighted by Crippen LogP contribution is 2.31. The smallest absolute Gasteiger partial charge is 0.248 e. The van der Waals surface area contributed by atoms with Crippen molar-refractivity contribution in [2.75, 3.05) is 46.1 Å². The average molecular weight is 649 g/mol. The first-order valence-corrected chi connectivity index (χ1v) is 16.7. The molecule has 5 rings (SSSR count). The molecule has 10 heteroatoms. The summed E-state index contributed by atoms with van der Waals surface area (Å²) >= 11 is 0. The minimum absolute atomic E-state index is 0.163. The number of hydrogen-bond donors (Lipinski definition) is 3. The zero-order valence-corrected chi connectivity index (χ0v) is 28.8. The Bertz CT molecular complexity index is 1760. The molecule has 0 saturated carbocycles. The first kappa shape index (κ1) is 34.5. The van der Waals surface area contributed by atoms with Gasteiger partial charge < -0.3 is 25.5 Å². The summed E-state index contributed by atoms with van der Waals surface area (Å²) in [5, 5.41) is 18.8. The minimum Gasteiger partial charge on any atom is -0.393 e. The molecule has 0 radical (unpaired) electrons. The van der Waals surface area contributed by atoms with E-state index < -0.39 is 0 Å². The van der Waals surface area contributed by atoms with Crippen molar-refractivity contribution in [1.29, 1.82) is 0 Å². The Morgan fingerprint density at radius 3 is 2.77 bits per heavy atom. The van der Waals surface area contributed by atoms with E-state index >= 15 is 0 Å². The quantitative estimate of drug-likeness (QED) is 0.259. The third-order valence-electron chi connectivity index (χ3n) is 8.62. The number of anilines is 1. The van der Waals surface area contributed by atoms with Crippen molar-refractivity contribution in [2.24, 2.45) is 15.9 Å². The van der Waals surface area contributed by atoms with Crippen LogP contribution in [0.2, 0.25) is 0 Å². The number of aromatic nitrogens is 1. The number of amides is 1. The Morgan fingerprint density at radius 1 is 1.19 bits per heavy atom. The van der Waals surface area contributed by atoms with Gasteiger partial charge in [-0.1, -0.05) is 62.9 Å². The molecule has 3 N–H and O–H groups in total. The number of aliphatic imine (C=N–C) groups is 2. The molecule has 1 amide bonds. The Morgan fingerprint density at radius 2 is 2.00 bits per heavy atom. The molecule has 0 spiro atoms. The summed E-state index contributed by atoms with van der Waals surface area (Å²) in [6.07, 6.45) is 9.21. The van der Waals surface area contributed by atoms with Crippen LogP contribution in [0.5, 0.6) is 0 Å². The molecule has 1 aromatic heterocycles. The Kier molecular flexibility index (Phi) is 11.4. The summed E-state index contributed by atoms with van der Waals surface area (Å²) in [7, 11) is 5.90. The van der Waals surface area contributed by atoms with E-state index in [0.717, 1.165) is 76.6 Å². The van der Waals surface area contributed by atoms with Crippen molar-refractivity contribution in [3.63, 3.8) is 0 Å². The molecule has 48 heavy (non-hydrogen) atoms. The van der Waals surface area contributed by atoms with Crippen LogP contribution in [-0.2, 0) is 11.3 Å². The lowest BCUT2D eigenvalue weighted by molar-refractivity contribution is -0.111. The van der Waals surface area contributed by atoms with Gasteiger partial charge in [0.1, 0.15) is 5.82 Å². The number of likely N-dealkylation sites (tertiary alicyclic amines) is 1. The normalized spacial score (nSPS) is 19.1. The van der Waals surface area contributed by atoms with Crippen LogP contribution in [0.1, 0.15) is 38.7 Å². The summed E-state index contributed by atoms with van der Waals surface area (Å²) < 4.78 is 0. The number of guanidine groups is 2. The third kappa shape index (κ3) is 8.37. The van der Waals surface area contributed by atoms with Crippen LogP contribution in [0.3, 0.4) is 0 Å². The SMILES string of the molecule is C=C/C(=C1/NC(N2CCCC(O)CC2)=NC(=NCc2ccccc2-c2nccc3cc(NC(=O)/C=C/CN(C)C)ccc23)N1C)C(C)C. The fourth-order valence-electron chi connectivity index (χ4n) is 6.01. The highest BCUT2D eigenvalue weighted by Gasteiger charge is 2.28. The number of fused-ring (bicyclic) bond motifs is 1. The van der Waals surface area contributed by atoms with E-state index in [4.69, 9.17) is 15.0 Å². The van der Waals surface area contributed by atoms with Gasteiger partial charge in [-0.25, -0.2) is 4.99 Å². The van der Waals surface area contributed by atoms with Gasteiger partial charge in [0.05, 0.1) is 18.3 Å². The maximum atomic E-state index is 12.5. The number of pyridine rings is 1. The zero-order chi connectivity index (χ0) is 34.2. The minimum atomic E-state index is -0.288. The van der Waals surface area contributed by atoms with Crippen molar-refractivity contribution >= 4 is 34.3 Å². The van der Waals surface area contributed by atoms with Crippen LogP contribution in [0.4, 0.5) is 5.69 Å². The van der Waals surface area contributed by atoms with Gasteiger partial charge in [-0.3, -0.25) is 14.7 Å². The highest BCUT2D eigenvalue weighted by atomic mass is 16.3. The lowest BCUT2D eigenvalue weighted by atomic mass is 9.99. The molecule has 1 atom stereocenters. The number of nitrogens with one attached hydrogen (secondary N) is 2. The lowest BCUT2D eigenvalue weighted by Gasteiger charge is -2.35. The summed E-state index contributed by atoms with van der Waals surface area (Å²) in [5.41, 5.74) is 4.67. The summed E-state index contributed by atoms with van der Waals surface area (Å²) in [6, 6.07) is 16.0. The first-order valence-electron chi connectivity index (χ1n) is 16.7. The van der Waals surface area contributed by atoms with Gasteiger partial charge in [-0.05, 0) is 74.0 Å². The fourth-order valence-corrected chi connectivity index (χ4v) is 6.01. The van der Waals surface area contributed by atoms with Crippen LogP contribution in [0, 0.1) is 5.92 Å². The largest absolute Gasteiger partial charge is 0.393 e. The van der Waals surface area contributed by atoms with Crippen LogP contribution >= 0.6 is 0 Å². The number of likely N-dealkylation sites (N-methyl/N-ethyl adjacent to an activating group) is 1. The molecule has 10 nitrogen and oxygen atoms in total. The lowest BCUT2D eigenvalue weighted by Crippen LogP contribution is -2.50. The van der Waals surface area contributed by atoms with Crippen LogP contribution in [-0.4, -0.2) is 89.5 Å². The Hall–Kier alpha value is -4.80. The highest BCUT2D eigenvalue weighted by molar-refractivity contribution is 6.03. The predicted octanol–water partition coefficient (Wildman–Crippen LogP) is 5.61.